The lowest BCUT2D eigenvalue weighted by Gasteiger charge is -2.50. The number of piperidine rings is 1. The summed E-state index contributed by atoms with van der Waals surface area (Å²) in [6.45, 7) is 10.7. The average molecular weight is 403 g/mol. The molecule has 2 aliphatic heterocycles. The number of hydrogen-bond donors (Lipinski definition) is 0. The highest BCUT2D eigenvalue weighted by Gasteiger charge is 2.44. The van der Waals surface area contributed by atoms with E-state index in [1.807, 2.05) is 12.1 Å². The molecular weight excluding hydrogens is 371 g/mol. The molecule has 3 nitrogen and oxygen atoms in total. The van der Waals surface area contributed by atoms with E-state index in [9.17, 15) is 4.39 Å². The highest BCUT2D eigenvalue weighted by Crippen LogP contribution is 2.49. The molecule has 1 aromatic heterocycles. The first-order valence-corrected chi connectivity index (χ1v) is 11.3. The van der Waals surface area contributed by atoms with Crippen LogP contribution in [0.4, 0.5) is 4.39 Å². The Bertz CT molecular complexity index is 780. The first-order valence-electron chi connectivity index (χ1n) is 10.4. The molecule has 28 heavy (non-hydrogen) atoms. The third kappa shape index (κ3) is 4.32. The minimum Gasteiger partial charge on any atom is -0.373 e. The second kappa shape index (κ2) is 8.21. The molecule has 0 aliphatic carbocycles. The molecule has 5 heteroatoms. The Morgan fingerprint density at radius 3 is 2.57 bits per heavy atom. The second-order valence-electron chi connectivity index (χ2n) is 9.03. The predicted octanol–water partition coefficient (Wildman–Crippen LogP) is 5.61. The van der Waals surface area contributed by atoms with Gasteiger partial charge in [-0.15, -0.1) is 11.3 Å². The van der Waals surface area contributed by atoms with Crippen molar-refractivity contribution < 1.29 is 9.13 Å². The van der Waals surface area contributed by atoms with Gasteiger partial charge in [0.2, 0.25) is 0 Å². The molecule has 152 valence electrons. The van der Waals surface area contributed by atoms with E-state index in [1.54, 1.807) is 23.5 Å². The Morgan fingerprint density at radius 2 is 1.96 bits per heavy atom. The van der Waals surface area contributed by atoms with Crippen molar-refractivity contribution >= 4 is 11.3 Å². The van der Waals surface area contributed by atoms with Gasteiger partial charge < -0.3 is 4.74 Å². The van der Waals surface area contributed by atoms with Crippen LogP contribution in [0.25, 0.3) is 0 Å². The molecule has 0 radical (unpaired) electrons. The van der Waals surface area contributed by atoms with Crippen molar-refractivity contribution in [3.05, 3.63) is 51.7 Å². The third-order valence-corrected chi connectivity index (χ3v) is 7.47. The van der Waals surface area contributed by atoms with Gasteiger partial charge >= 0.3 is 0 Å². The second-order valence-corrected chi connectivity index (χ2v) is 10.1. The maximum Gasteiger partial charge on any atom is 0.123 e. The van der Waals surface area contributed by atoms with Crippen LogP contribution in [0.1, 0.15) is 55.5 Å². The Hall–Kier alpha value is -1.30. The van der Waals surface area contributed by atoms with Gasteiger partial charge in [0.05, 0.1) is 23.4 Å². The molecule has 2 atom stereocenters. The van der Waals surface area contributed by atoms with Crippen LogP contribution in [0.5, 0.6) is 0 Å². The van der Waals surface area contributed by atoms with E-state index in [1.165, 1.54) is 25.0 Å². The number of thiazole rings is 1. The molecule has 4 rings (SSSR count). The summed E-state index contributed by atoms with van der Waals surface area (Å²) in [5.74, 6) is 0.843. The summed E-state index contributed by atoms with van der Waals surface area (Å²) in [7, 11) is 0. The zero-order valence-corrected chi connectivity index (χ0v) is 18.0. The van der Waals surface area contributed by atoms with Crippen molar-refractivity contribution in [1.82, 2.24) is 9.88 Å². The first kappa shape index (κ1) is 20.0. The first-order chi connectivity index (χ1) is 13.4. The van der Waals surface area contributed by atoms with Gasteiger partial charge in [0.1, 0.15) is 5.82 Å². The molecule has 2 aliphatic rings. The van der Waals surface area contributed by atoms with Gasteiger partial charge in [-0.3, -0.25) is 4.90 Å². The molecule has 0 saturated carbocycles. The van der Waals surface area contributed by atoms with Crippen molar-refractivity contribution in [2.45, 2.75) is 52.7 Å². The van der Waals surface area contributed by atoms with Crippen LogP contribution >= 0.6 is 11.3 Å². The lowest BCUT2D eigenvalue weighted by molar-refractivity contribution is -0.131. The van der Waals surface area contributed by atoms with Crippen LogP contribution in [0.15, 0.2) is 29.6 Å². The number of aromatic nitrogens is 1. The maximum atomic E-state index is 13.3. The number of aryl methyl sites for hydroxylation is 1. The lowest BCUT2D eigenvalue weighted by Crippen LogP contribution is -2.47. The molecule has 0 N–H and O–H groups in total. The Balaban J connectivity index is 1.40. The molecule has 0 bridgehead atoms. The molecule has 1 aromatic carbocycles. The highest BCUT2D eigenvalue weighted by atomic mass is 32.1. The molecular formula is C23H31FN2OS. The molecule has 1 spiro atoms. The Labute approximate surface area is 171 Å². The van der Waals surface area contributed by atoms with Crippen LogP contribution in [-0.2, 0) is 11.3 Å². The summed E-state index contributed by atoms with van der Waals surface area (Å²) in [5.41, 5.74) is 2.61. The molecule has 2 fully saturated rings. The number of benzene rings is 1. The largest absolute Gasteiger partial charge is 0.373 e. The summed E-state index contributed by atoms with van der Waals surface area (Å²) in [4.78, 5) is 7.16. The van der Waals surface area contributed by atoms with E-state index < -0.39 is 0 Å². The van der Waals surface area contributed by atoms with Gasteiger partial charge in [-0.05, 0) is 74.2 Å². The van der Waals surface area contributed by atoms with Crippen molar-refractivity contribution in [1.29, 1.82) is 0 Å². The van der Waals surface area contributed by atoms with E-state index >= 15 is 0 Å². The van der Waals surface area contributed by atoms with Crippen molar-refractivity contribution in [3.63, 3.8) is 0 Å². The van der Waals surface area contributed by atoms with Crippen LogP contribution < -0.4 is 0 Å². The van der Waals surface area contributed by atoms with Gasteiger partial charge in [-0.2, -0.15) is 0 Å². The normalized spacial score (nSPS) is 25.5. The molecule has 3 heterocycles. The van der Waals surface area contributed by atoms with Crippen LogP contribution in [0.2, 0.25) is 0 Å². The van der Waals surface area contributed by atoms with Crippen molar-refractivity contribution in [2.75, 3.05) is 19.7 Å². The maximum absolute atomic E-state index is 13.3. The van der Waals surface area contributed by atoms with Gasteiger partial charge in [0.25, 0.3) is 0 Å². The highest BCUT2D eigenvalue weighted by molar-refractivity contribution is 7.09. The van der Waals surface area contributed by atoms with Gasteiger partial charge in [-0.1, -0.05) is 26.0 Å². The lowest BCUT2D eigenvalue weighted by atomic mass is 9.66. The predicted molar refractivity (Wildman–Crippen MR) is 112 cm³/mol. The standard InChI is InChI=1S/C23H31FN2OS/c1-16(2)21-12-23(15-27-22(21)18-4-6-19(24)7-5-18)8-10-26(11-9-23)13-20-14-28-17(3)25-20/h4-7,14,16,21-22H,8-13,15H2,1-3H3/t21-,22-/m0/s1. The van der Waals surface area contributed by atoms with Gasteiger partial charge in [0, 0.05) is 11.9 Å². The zero-order valence-electron chi connectivity index (χ0n) is 17.2. The number of hydrogen-bond acceptors (Lipinski definition) is 4. The third-order valence-electron chi connectivity index (χ3n) is 6.65. The quantitative estimate of drug-likeness (QED) is 0.665. The van der Waals surface area contributed by atoms with Crippen LogP contribution in [0, 0.1) is 30.0 Å². The molecule has 0 amide bonds. The van der Waals surface area contributed by atoms with Crippen molar-refractivity contribution in [2.24, 2.45) is 17.3 Å². The minimum atomic E-state index is -0.181. The van der Waals surface area contributed by atoms with E-state index in [0.717, 1.165) is 36.8 Å². The number of likely N-dealkylation sites (tertiary alicyclic amines) is 1. The Morgan fingerprint density at radius 1 is 1.25 bits per heavy atom. The van der Waals surface area contributed by atoms with E-state index in [0.29, 0.717) is 17.3 Å². The fourth-order valence-corrected chi connectivity index (χ4v) is 5.48. The molecule has 2 saturated heterocycles. The van der Waals surface area contributed by atoms with Gasteiger partial charge in [0.15, 0.2) is 0 Å². The summed E-state index contributed by atoms with van der Waals surface area (Å²) < 4.78 is 19.8. The van der Waals surface area contributed by atoms with Gasteiger partial charge in [-0.25, -0.2) is 9.37 Å². The van der Waals surface area contributed by atoms with Crippen molar-refractivity contribution in [3.8, 4) is 0 Å². The summed E-state index contributed by atoms with van der Waals surface area (Å²) in [6, 6.07) is 6.90. The number of halogens is 1. The van der Waals surface area contributed by atoms with E-state index in [-0.39, 0.29) is 11.9 Å². The number of rotatable bonds is 4. The minimum absolute atomic E-state index is 0.0854. The summed E-state index contributed by atoms with van der Waals surface area (Å²) >= 11 is 1.74. The molecule has 0 unspecified atom stereocenters. The zero-order chi connectivity index (χ0) is 19.7. The van der Waals surface area contributed by atoms with E-state index in [4.69, 9.17) is 4.74 Å². The fourth-order valence-electron chi connectivity index (χ4n) is 4.88. The topological polar surface area (TPSA) is 25.4 Å². The molecule has 2 aromatic rings. The SMILES string of the molecule is Cc1nc(CN2CCC3(CC2)CO[C@@H](c2ccc(F)cc2)[C@H](C(C)C)C3)cs1. The van der Waals surface area contributed by atoms with Crippen LogP contribution in [0.3, 0.4) is 0 Å². The number of ether oxygens (including phenoxy) is 1. The summed E-state index contributed by atoms with van der Waals surface area (Å²) in [6.07, 6.45) is 3.67. The summed E-state index contributed by atoms with van der Waals surface area (Å²) in [5, 5.41) is 3.33. The number of nitrogens with zero attached hydrogens (tertiary/aromatic N) is 2. The Kier molecular flexibility index (Phi) is 5.86. The fraction of sp³-hybridized carbons (Fsp3) is 0.609. The van der Waals surface area contributed by atoms with E-state index in [2.05, 4.69) is 36.0 Å². The van der Waals surface area contributed by atoms with Crippen LogP contribution in [-0.4, -0.2) is 29.6 Å². The monoisotopic (exact) mass is 402 g/mol. The average Bonchev–Trinajstić information content (AvgIpc) is 3.09. The smallest absolute Gasteiger partial charge is 0.123 e.